The van der Waals surface area contributed by atoms with Gasteiger partial charge in [-0.25, -0.2) is 9.97 Å². The molecule has 0 unspecified atom stereocenters. The molecular formula is C19H15F3N4O2. The molecule has 6 nitrogen and oxygen atoms in total. The van der Waals surface area contributed by atoms with Crippen LogP contribution in [0.4, 0.5) is 24.5 Å². The molecule has 0 spiro atoms. The summed E-state index contributed by atoms with van der Waals surface area (Å²) >= 11 is 0. The molecule has 28 heavy (non-hydrogen) atoms. The van der Waals surface area contributed by atoms with Crippen molar-refractivity contribution in [2.75, 3.05) is 10.6 Å². The van der Waals surface area contributed by atoms with E-state index in [2.05, 4.69) is 15.3 Å². The Balaban J connectivity index is 1.79. The Morgan fingerprint density at radius 2 is 1.46 bits per heavy atom. The SMILES string of the molecule is Cc1nc2ccc(C(=O)Nc3cccc(NC(=O)C(F)(F)F)c3)cc2nc1C. The molecule has 0 bridgehead atoms. The fourth-order valence-corrected chi connectivity index (χ4v) is 2.45. The Hall–Kier alpha value is -3.49. The largest absolute Gasteiger partial charge is 0.471 e. The van der Waals surface area contributed by atoms with Crippen LogP contribution in [0, 0.1) is 13.8 Å². The lowest BCUT2D eigenvalue weighted by Gasteiger charge is -2.10. The van der Waals surface area contributed by atoms with Crippen LogP contribution in [-0.4, -0.2) is 28.0 Å². The molecule has 2 N–H and O–H groups in total. The van der Waals surface area contributed by atoms with Crippen molar-refractivity contribution in [2.24, 2.45) is 0 Å². The zero-order valence-corrected chi connectivity index (χ0v) is 14.9. The zero-order chi connectivity index (χ0) is 20.5. The molecule has 3 rings (SSSR count). The number of halogens is 3. The van der Waals surface area contributed by atoms with Crippen molar-refractivity contribution < 1.29 is 22.8 Å². The molecule has 144 valence electrons. The maximum atomic E-state index is 12.5. The van der Waals surface area contributed by atoms with Gasteiger partial charge in [-0.15, -0.1) is 0 Å². The van der Waals surface area contributed by atoms with E-state index in [1.165, 1.54) is 24.3 Å². The van der Waals surface area contributed by atoms with Crippen LogP contribution in [0.1, 0.15) is 21.7 Å². The average molecular weight is 388 g/mol. The van der Waals surface area contributed by atoms with Crippen LogP contribution >= 0.6 is 0 Å². The summed E-state index contributed by atoms with van der Waals surface area (Å²) in [5.41, 5.74) is 3.21. The number of fused-ring (bicyclic) bond motifs is 1. The van der Waals surface area contributed by atoms with E-state index in [0.29, 0.717) is 16.6 Å². The van der Waals surface area contributed by atoms with E-state index < -0.39 is 18.0 Å². The van der Waals surface area contributed by atoms with E-state index in [9.17, 15) is 22.8 Å². The number of hydrogen-bond donors (Lipinski definition) is 2. The van der Waals surface area contributed by atoms with Crippen molar-refractivity contribution in [1.29, 1.82) is 0 Å². The van der Waals surface area contributed by atoms with Crippen molar-refractivity contribution in [1.82, 2.24) is 9.97 Å². The van der Waals surface area contributed by atoms with E-state index in [-0.39, 0.29) is 11.4 Å². The quantitative estimate of drug-likeness (QED) is 0.710. The molecule has 0 saturated carbocycles. The first-order valence-electron chi connectivity index (χ1n) is 8.18. The number of nitrogens with zero attached hydrogens (tertiary/aromatic N) is 2. The highest BCUT2D eigenvalue weighted by Crippen LogP contribution is 2.21. The first-order valence-corrected chi connectivity index (χ1v) is 8.18. The van der Waals surface area contributed by atoms with Crippen LogP contribution in [0.2, 0.25) is 0 Å². The third-order valence-electron chi connectivity index (χ3n) is 3.97. The number of aromatic nitrogens is 2. The normalized spacial score (nSPS) is 11.3. The van der Waals surface area contributed by atoms with Crippen molar-refractivity contribution in [3.8, 4) is 0 Å². The van der Waals surface area contributed by atoms with E-state index in [4.69, 9.17) is 0 Å². The lowest BCUT2D eigenvalue weighted by Crippen LogP contribution is -2.29. The molecule has 0 saturated heterocycles. The van der Waals surface area contributed by atoms with Crippen LogP contribution in [0.15, 0.2) is 42.5 Å². The predicted molar refractivity (Wildman–Crippen MR) is 98.1 cm³/mol. The minimum absolute atomic E-state index is 0.0874. The fourth-order valence-electron chi connectivity index (χ4n) is 2.45. The maximum absolute atomic E-state index is 12.5. The number of nitrogens with one attached hydrogen (secondary N) is 2. The summed E-state index contributed by atoms with van der Waals surface area (Å²) in [7, 11) is 0. The highest BCUT2D eigenvalue weighted by Gasteiger charge is 2.38. The monoisotopic (exact) mass is 388 g/mol. The van der Waals surface area contributed by atoms with Crippen LogP contribution in [0.25, 0.3) is 11.0 Å². The summed E-state index contributed by atoms with van der Waals surface area (Å²) in [6, 6.07) is 10.3. The number of alkyl halides is 3. The zero-order valence-electron chi connectivity index (χ0n) is 14.9. The number of carbonyl (C=O) groups excluding carboxylic acids is 2. The molecule has 2 amide bonds. The fraction of sp³-hybridized carbons (Fsp3) is 0.158. The van der Waals surface area contributed by atoms with Crippen LogP contribution in [0.5, 0.6) is 0 Å². The molecular weight excluding hydrogens is 373 g/mol. The van der Waals surface area contributed by atoms with Gasteiger partial charge in [-0.05, 0) is 50.2 Å². The average Bonchev–Trinajstić information content (AvgIpc) is 2.61. The molecule has 3 aromatic rings. The third kappa shape index (κ3) is 4.25. The lowest BCUT2D eigenvalue weighted by atomic mass is 10.1. The Morgan fingerprint density at radius 3 is 2.11 bits per heavy atom. The first kappa shape index (κ1) is 19.3. The maximum Gasteiger partial charge on any atom is 0.471 e. The standard InChI is InChI=1S/C19H15F3N4O2/c1-10-11(2)24-16-8-12(6-7-15(16)23-10)17(27)25-13-4-3-5-14(9-13)26-18(28)19(20,21)22/h3-9H,1-2H3,(H,25,27)(H,26,28). The molecule has 1 aromatic heterocycles. The topological polar surface area (TPSA) is 84.0 Å². The van der Waals surface area contributed by atoms with Crippen LogP contribution in [0.3, 0.4) is 0 Å². The Kier molecular flexibility index (Phi) is 5.00. The van der Waals surface area contributed by atoms with E-state index in [1.54, 1.807) is 23.5 Å². The number of amides is 2. The molecule has 0 aliphatic rings. The summed E-state index contributed by atoms with van der Waals surface area (Å²) in [6.45, 7) is 3.65. The molecule has 0 fully saturated rings. The smallest absolute Gasteiger partial charge is 0.322 e. The van der Waals surface area contributed by atoms with Gasteiger partial charge in [0.2, 0.25) is 0 Å². The number of anilines is 2. The number of carbonyl (C=O) groups is 2. The summed E-state index contributed by atoms with van der Waals surface area (Å²) < 4.78 is 37.1. The highest BCUT2D eigenvalue weighted by atomic mass is 19.4. The first-order chi connectivity index (χ1) is 13.1. The van der Waals surface area contributed by atoms with Gasteiger partial charge in [0.1, 0.15) is 0 Å². The molecule has 0 aliphatic carbocycles. The Labute approximate surface area is 157 Å². The predicted octanol–water partition coefficient (Wildman–Crippen LogP) is 4.00. The van der Waals surface area contributed by atoms with Gasteiger partial charge < -0.3 is 10.6 Å². The van der Waals surface area contributed by atoms with Gasteiger partial charge in [-0.3, -0.25) is 9.59 Å². The van der Waals surface area contributed by atoms with Gasteiger partial charge in [0.15, 0.2) is 0 Å². The third-order valence-corrected chi connectivity index (χ3v) is 3.97. The van der Waals surface area contributed by atoms with Crippen LogP contribution in [-0.2, 0) is 4.79 Å². The minimum atomic E-state index is -5.00. The van der Waals surface area contributed by atoms with Crippen molar-refractivity contribution >= 4 is 34.2 Å². The summed E-state index contributed by atoms with van der Waals surface area (Å²) in [4.78, 5) is 32.3. The molecule has 1 heterocycles. The van der Waals surface area contributed by atoms with E-state index >= 15 is 0 Å². The van der Waals surface area contributed by atoms with Crippen molar-refractivity contribution in [2.45, 2.75) is 20.0 Å². The number of rotatable bonds is 3. The van der Waals surface area contributed by atoms with Gasteiger partial charge >= 0.3 is 12.1 Å². The second kappa shape index (κ2) is 7.26. The molecule has 0 aliphatic heterocycles. The molecule has 2 aromatic carbocycles. The van der Waals surface area contributed by atoms with Crippen molar-refractivity contribution in [3.63, 3.8) is 0 Å². The molecule has 9 heteroatoms. The second-order valence-corrected chi connectivity index (χ2v) is 6.08. The highest BCUT2D eigenvalue weighted by molar-refractivity contribution is 6.06. The van der Waals surface area contributed by atoms with Crippen LogP contribution < -0.4 is 10.6 Å². The van der Waals surface area contributed by atoms with Gasteiger partial charge in [0.05, 0.1) is 22.4 Å². The van der Waals surface area contributed by atoms with Gasteiger partial charge in [0.25, 0.3) is 5.91 Å². The molecule has 0 radical (unpaired) electrons. The number of benzene rings is 2. The van der Waals surface area contributed by atoms with Gasteiger partial charge in [0, 0.05) is 16.9 Å². The summed E-state index contributed by atoms with van der Waals surface area (Å²) in [6.07, 6.45) is -5.00. The van der Waals surface area contributed by atoms with Gasteiger partial charge in [-0.2, -0.15) is 13.2 Å². The van der Waals surface area contributed by atoms with E-state index in [0.717, 1.165) is 11.4 Å². The summed E-state index contributed by atoms with van der Waals surface area (Å²) in [5, 5.41) is 4.32. The Bertz CT molecular complexity index is 1080. The van der Waals surface area contributed by atoms with Crippen molar-refractivity contribution in [3.05, 3.63) is 59.4 Å². The minimum Gasteiger partial charge on any atom is -0.322 e. The molecule has 0 atom stereocenters. The Morgan fingerprint density at radius 1 is 0.857 bits per heavy atom. The van der Waals surface area contributed by atoms with E-state index in [1.807, 2.05) is 13.8 Å². The van der Waals surface area contributed by atoms with Gasteiger partial charge in [-0.1, -0.05) is 6.07 Å². The summed E-state index contributed by atoms with van der Waals surface area (Å²) in [5.74, 6) is -2.56. The number of aryl methyl sites for hydroxylation is 2. The second-order valence-electron chi connectivity index (χ2n) is 6.08. The lowest BCUT2D eigenvalue weighted by molar-refractivity contribution is -0.167. The number of hydrogen-bond acceptors (Lipinski definition) is 4.